The number of benzene rings is 4. The molecule has 0 spiro atoms. The molecule has 3 N–H and O–H groups in total. The Morgan fingerprint density at radius 3 is 1.07 bits per heavy atom. The van der Waals surface area contributed by atoms with Gasteiger partial charge in [-0.15, -0.1) is 0 Å². The molecule has 75 heavy (non-hydrogen) atoms. The maximum Gasteiger partial charge on any atom is 0.261 e. The fourth-order valence-electron chi connectivity index (χ4n) is 9.59. The lowest BCUT2D eigenvalue weighted by atomic mass is 9.83. The summed E-state index contributed by atoms with van der Waals surface area (Å²) < 4.78 is 14.7. The van der Waals surface area contributed by atoms with Gasteiger partial charge in [-0.25, -0.2) is 0 Å². The third kappa shape index (κ3) is 18.7. The molecule has 0 bridgehead atoms. The molecular formula is C66H94N2O5Si2. The largest absolute Gasteiger partial charge is 0.404 e. The molecule has 0 saturated heterocycles. The van der Waals surface area contributed by atoms with E-state index in [1.165, 1.54) is 26.8 Å². The van der Waals surface area contributed by atoms with Gasteiger partial charge in [0, 0.05) is 12.8 Å². The van der Waals surface area contributed by atoms with Gasteiger partial charge in [-0.3, -0.25) is 14.4 Å². The molecule has 0 heterocycles. The van der Waals surface area contributed by atoms with Gasteiger partial charge in [0.15, 0.2) is 11.6 Å². The average molecular weight is 1050 g/mol. The molecule has 0 aliphatic heterocycles. The van der Waals surface area contributed by atoms with E-state index >= 15 is 0 Å². The molecule has 7 nitrogen and oxygen atoms in total. The number of nitrogens with one attached hydrogen (secondary N) is 1. The van der Waals surface area contributed by atoms with Crippen LogP contribution < -0.4 is 31.8 Å². The molecule has 0 unspecified atom stereocenters. The summed E-state index contributed by atoms with van der Waals surface area (Å²) in [5.41, 5.74) is 5.53. The summed E-state index contributed by atoms with van der Waals surface area (Å²) in [5.74, 6) is -0.170. The molecule has 4 aromatic carbocycles. The topological polar surface area (TPSA) is 108 Å². The first-order chi connectivity index (χ1) is 35.3. The van der Waals surface area contributed by atoms with E-state index in [0.717, 1.165) is 19.3 Å². The van der Waals surface area contributed by atoms with Crippen LogP contribution in [0, 0.1) is 10.8 Å². The number of carbonyl (C=O) groups excluding carboxylic acids is 3. The first-order valence-corrected chi connectivity index (χ1v) is 31.0. The van der Waals surface area contributed by atoms with E-state index in [4.69, 9.17) is 14.6 Å². The highest BCUT2D eigenvalue weighted by Crippen LogP contribution is 2.40. The van der Waals surface area contributed by atoms with Crippen molar-refractivity contribution in [2.24, 2.45) is 16.6 Å². The van der Waals surface area contributed by atoms with Crippen LogP contribution in [0.5, 0.6) is 0 Å². The zero-order valence-electron chi connectivity index (χ0n) is 48.5. The van der Waals surface area contributed by atoms with E-state index in [1.807, 2.05) is 67.5 Å². The fraction of sp³-hybridized carbons (Fsp3) is 0.439. The molecule has 0 radical (unpaired) electrons. The lowest BCUT2D eigenvalue weighted by molar-refractivity contribution is -0.127. The third-order valence-corrected chi connectivity index (χ3v) is 23.8. The van der Waals surface area contributed by atoms with Crippen molar-refractivity contribution >= 4 is 54.9 Å². The lowest BCUT2D eigenvalue weighted by Gasteiger charge is -2.45. The van der Waals surface area contributed by atoms with Crippen molar-refractivity contribution in [1.82, 2.24) is 5.32 Å². The van der Waals surface area contributed by atoms with E-state index < -0.39 is 28.7 Å². The van der Waals surface area contributed by atoms with E-state index in [0.29, 0.717) is 12.8 Å². The van der Waals surface area contributed by atoms with Crippen molar-refractivity contribution in [2.75, 3.05) is 0 Å². The first kappa shape index (κ1) is 64.0. The van der Waals surface area contributed by atoms with Crippen molar-refractivity contribution in [2.45, 2.75) is 177 Å². The quantitative estimate of drug-likeness (QED) is 0.0411. The molecule has 0 fully saturated rings. The molecule has 4 atom stereocenters. The zero-order valence-corrected chi connectivity index (χ0v) is 50.5. The molecule has 0 aliphatic carbocycles. The van der Waals surface area contributed by atoms with Crippen LogP contribution >= 0.6 is 0 Å². The van der Waals surface area contributed by atoms with Crippen LogP contribution in [-0.4, -0.2) is 58.4 Å². The van der Waals surface area contributed by atoms with Crippen LogP contribution in [0.3, 0.4) is 0 Å². The molecule has 4 aromatic rings. The van der Waals surface area contributed by atoms with E-state index in [2.05, 4.69) is 205 Å². The van der Waals surface area contributed by atoms with Crippen LogP contribution in [0.1, 0.15) is 142 Å². The van der Waals surface area contributed by atoms with E-state index in [-0.39, 0.29) is 57.0 Å². The van der Waals surface area contributed by atoms with Gasteiger partial charge in [-0.05, 0) is 94.2 Å². The third-order valence-electron chi connectivity index (χ3n) is 13.6. The minimum absolute atomic E-state index is 0.000135. The van der Waals surface area contributed by atoms with Crippen LogP contribution in [0.15, 0.2) is 182 Å². The highest BCUT2D eigenvalue weighted by molar-refractivity contribution is 7.00. The Morgan fingerprint density at radius 2 is 0.787 bits per heavy atom. The summed E-state index contributed by atoms with van der Waals surface area (Å²) in [6.07, 6.45) is 23.3. The minimum atomic E-state index is -2.70. The summed E-state index contributed by atoms with van der Waals surface area (Å²) >= 11 is 0. The van der Waals surface area contributed by atoms with Crippen LogP contribution in [-0.2, 0) is 23.2 Å². The molecule has 0 aliphatic rings. The van der Waals surface area contributed by atoms with Gasteiger partial charge in [0.1, 0.15) is 0 Å². The van der Waals surface area contributed by atoms with Gasteiger partial charge in [0.25, 0.3) is 16.6 Å². The molecule has 1 amide bonds. The number of nitrogens with two attached hydrogens (primary N) is 1. The Morgan fingerprint density at radius 1 is 0.467 bits per heavy atom. The van der Waals surface area contributed by atoms with Gasteiger partial charge in [-0.2, -0.15) is 0 Å². The van der Waals surface area contributed by atoms with E-state index in [1.54, 1.807) is 13.0 Å². The predicted octanol–water partition coefficient (Wildman–Crippen LogP) is 13.1. The fourth-order valence-corrected chi connectivity index (χ4v) is 19.0. The Balaban J connectivity index is 0.000000399. The Kier molecular flexibility index (Phi) is 25.5. The summed E-state index contributed by atoms with van der Waals surface area (Å²) in [4.78, 5) is 37.9. The molecule has 406 valence electrons. The molecule has 0 aromatic heterocycles. The number of Topliss-reactive ketones (excluding diaryl/α,β-unsaturated/α-hetero) is 2. The Hall–Kier alpha value is -5.30. The maximum atomic E-state index is 13.2. The SMILES string of the molecule is C/C=C\C[C@@H](C/C=C\CC(=O)[C@@H](N)C(C)(C)C)O[Si](c1ccccc1)(c1ccccc1)C(C)(C)C.C/C=C\C[C@@H](C/C=C\CC(=O)[C@@H](NC(=O)/C=C\C)C(C)(C)C)O[Si](c1ccccc1)(c1ccccc1)C(C)(C)C. The molecule has 9 heteroatoms. The van der Waals surface area contributed by atoms with Crippen LogP contribution in [0.25, 0.3) is 0 Å². The number of ketones is 2. The summed E-state index contributed by atoms with van der Waals surface area (Å²) in [5, 5.41) is 7.75. The lowest BCUT2D eigenvalue weighted by Crippen LogP contribution is -2.67. The summed E-state index contributed by atoms with van der Waals surface area (Å²) in [6, 6.07) is 41.8. The van der Waals surface area contributed by atoms with Crippen molar-refractivity contribution < 1.29 is 23.2 Å². The second-order valence-corrected chi connectivity index (χ2v) is 32.3. The number of hydrogen-bond donors (Lipinski definition) is 2. The molecule has 0 saturated carbocycles. The smallest absolute Gasteiger partial charge is 0.261 e. The second kappa shape index (κ2) is 29.9. The molecule has 4 rings (SSSR count). The first-order valence-electron chi connectivity index (χ1n) is 27.1. The number of hydrogen-bond acceptors (Lipinski definition) is 6. The summed E-state index contributed by atoms with van der Waals surface area (Å²) in [7, 11) is -5.34. The number of carbonyl (C=O) groups is 3. The highest BCUT2D eigenvalue weighted by Gasteiger charge is 2.52. The highest BCUT2D eigenvalue weighted by atomic mass is 28.4. The number of amides is 1. The average Bonchev–Trinajstić information content (AvgIpc) is 3.36. The van der Waals surface area contributed by atoms with Gasteiger partial charge >= 0.3 is 0 Å². The minimum Gasteiger partial charge on any atom is -0.404 e. The Bertz CT molecular complexity index is 2390. The standard InChI is InChI=1S/C35H49NO3Si.C31H45NO2Si/c1-9-11-21-28(22-18-19-27-31(37)33(34(3,4)5)36-32(38)20-10-2)39-40(35(6,7)8,29-23-14-12-15-24-29)30-25-16-13-17-26-30;1-8-9-18-25(19-16-17-24-28(33)29(32)30(2,3)4)34-35(31(5,6)7,26-20-12-10-13-21-26)27-22-14-11-15-23-27/h9-20,23-26,28,33H,21-22,27H2,1-8H3,(H,36,38);8-17,20-23,25,29H,18-19,24,32H2,1-7H3/b11-9-,19-18-,20-10-;9-8-,17-16-/t28-,33+;25-,29+/m00/s1. The second-order valence-electron chi connectivity index (χ2n) is 23.8. The molecular weight excluding hydrogens is 957 g/mol. The van der Waals surface area contributed by atoms with Crippen molar-refractivity contribution in [3.8, 4) is 0 Å². The number of rotatable bonds is 24. The maximum absolute atomic E-state index is 13.2. The zero-order chi connectivity index (χ0) is 55.9. The van der Waals surface area contributed by atoms with Crippen LogP contribution in [0.4, 0.5) is 0 Å². The van der Waals surface area contributed by atoms with Gasteiger partial charge < -0.3 is 19.9 Å². The predicted molar refractivity (Wildman–Crippen MR) is 324 cm³/mol. The number of allylic oxidation sites excluding steroid dienone is 5. The monoisotopic (exact) mass is 1050 g/mol. The van der Waals surface area contributed by atoms with E-state index in [9.17, 15) is 14.4 Å². The van der Waals surface area contributed by atoms with Crippen molar-refractivity contribution in [3.63, 3.8) is 0 Å². The van der Waals surface area contributed by atoms with Gasteiger partial charge in [0.05, 0.1) is 24.3 Å². The van der Waals surface area contributed by atoms with Gasteiger partial charge in [0.2, 0.25) is 5.91 Å². The normalized spacial score (nSPS) is 14.8. The van der Waals surface area contributed by atoms with Crippen LogP contribution in [0.2, 0.25) is 10.1 Å². The Labute approximate surface area is 456 Å². The van der Waals surface area contributed by atoms with Crippen molar-refractivity contribution in [3.05, 3.63) is 182 Å². The van der Waals surface area contributed by atoms with Crippen molar-refractivity contribution in [1.29, 1.82) is 0 Å². The van der Waals surface area contributed by atoms with Gasteiger partial charge in [-0.1, -0.05) is 259 Å². The summed E-state index contributed by atoms with van der Waals surface area (Å²) in [6.45, 7) is 31.6.